The van der Waals surface area contributed by atoms with Crippen molar-refractivity contribution in [2.75, 3.05) is 6.61 Å². The van der Waals surface area contributed by atoms with Crippen LogP contribution in [0.15, 0.2) is 0 Å². The fourth-order valence-electron chi connectivity index (χ4n) is 1.20. The Morgan fingerprint density at radius 2 is 1.86 bits per heavy atom. The number of alkyl halides is 3. The molecule has 0 aromatic heterocycles. The smallest absolute Gasteiger partial charge is 0.392 e. The van der Waals surface area contributed by atoms with E-state index < -0.39 is 24.0 Å². The van der Waals surface area contributed by atoms with Gasteiger partial charge in [0, 0.05) is 0 Å². The standard InChI is InChI=1S/C9H15F3O2/c1-4-7(8(13)14-5-2)6(3)9(10,11)12/h6-7H,4-5H2,1-3H3. The monoisotopic (exact) mass is 212 g/mol. The molecule has 0 aliphatic rings. The molecule has 5 heteroatoms. The number of rotatable bonds is 4. The Morgan fingerprint density at radius 3 is 2.14 bits per heavy atom. The SMILES string of the molecule is CCOC(=O)C(CC)C(C)C(F)(F)F. The maximum atomic E-state index is 12.3. The molecular formula is C9H15F3O2. The minimum atomic E-state index is -4.34. The van der Waals surface area contributed by atoms with Crippen LogP contribution in [-0.2, 0) is 9.53 Å². The molecule has 0 aliphatic heterocycles. The molecule has 0 aromatic rings. The fraction of sp³-hybridized carbons (Fsp3) is 0.889. The minimum absolute atomic E-state index is 0.111. The van der Waals surface area contributed by atoms with E-state index >= 15 is 0 Å². The number of carbonyl (C=O) groups excluding carboxylic acids is 1. The second-order valence-corrected chi connectivity index (χ2v) is 3.10. The molecule has 0 aliphatic carbocycles. The highest BCUT2D eigenvalue weighted by Crippen LogP contribution is 2.33. The van der Waals surface area contributed by atoms with Gasteiger partial charge in [0.05, 0.1) is 18.4 Å². The van der Waals surface area contributed by atoms with Gasteiger partial charge in [0.25, 0.3) is 0 Å². The third kappa shape index (κ3) is 3.55. The van der Waals surface area contributed by atoms with Gasteiger partial charge >= 0.3 is 12.1 Å². The molecule has 0 bridgehead atoms. The van der Waals surface area contributed by atoms with Gasteiger partial charge in [-0.3, -0.25) is 4.79 Å². The molecule has 0 saturated heterocycles. The zero-order valence-corrected chi connectivity index (χ0v) is 8.52. The van der Waals surface area contributed by atoms with E-state index in [1.807, 2.05) is 0 Å². The van der Waals surface area contributed by atoms with E-state index in [1.165, 1.54) is 0 Å². The number of esters is 1. The number of carbonyl (C=O) groups is 1. The first-order chi connectivity index (χ1) is 6.34. The lowest BCUT2D eigenvalue weighted by Gasteiger charge is -2.23. The Bertz CT molecular complexity index is 189. The van der Waals surface area contributed by atoms with E-state index in [-0.39, 0.29) is 13.0 Å². The van der Waals surface area contributed by atoms with E-state index in [4.69, 9.17) is 0 Å². The third-order valence-electron chi connectivity index (χ3n) is 2.15. The van der Waals surface area contributed by atoms with Crippen LogP contribution >= 0.6 is 0 Å². The molecular weight excluding hydrogens is 197 g/mol. The Labute approximate surface area is 81.4 Å². The van der Waals surface area contributed by atoms with Gasteiger partial charge in [0.15, 0.2) is 0 Å². The van der Waals surface area contributed by atoms with Crippen molar-refractivity contribution >= 4 is 5.97 Å². The normalized spacial score (nSPS) is 16.1. The summed E-state index contributed by atoms with van der Waals surface area (Å²) in [5.41, 5.74) is 0. The summed E-state index contributed by atoms with van der Waals surface area (Å²) in [6.45, 7) is 4.23. The van der Waals surface area contributed by atoms with Crippen LogP contribution in [0.2, 0.25) is 0 Å². The first-order valence-corrected chi connectivity index (χ1v) is 4.57. The lowest BCUT2D eigenvalue weighted by Crippen LogP contribution is -2.33. The molecule has 0 spiro atoms. The zero-order chi connectivity index (χ0) is 11.4. The summed E-state index contributed by atoms with van der Waals surface area (Å²) in [4.78, 5) is 11.1. The molecule has 0 amide bonds. The summed E-state index contributed by atoms with van der Waals surface area (Å²) < 4.78 is 41.4. The number of halogens is 3. The highest BCUT2D eigenvalue weighted by Gasteiger charge is 2.43. The molecule has 0 aromatic carbocycles. The van der Waals surface area contributed by atoms with Gasteiger partial charge in [0.1, 0.15) is 0 Å². The fourth-order valence-corrected chi connectivity index (χ4v) is 1.20. The first-order valence-electron chi connectivity index (χ1n) is 4.57. The number of hydrogen-bond acceptors (Lipinski definition) is 2. The number of hydrogen-bond donors (Lipinski definition) is 0. The molecule has 14 heavy (non-hydrogen) atoms. The molecule has 84 valence electrons. The summed E-state index contributed by atoms with van der Waals surface area (Å²) in [5.74, 6) is -3.50. The first kappa shape index (κ1) is 13.3. The average Bonchev–Trinajstić information content (AvgIpc) is 2.04. The second-order valence-electron chi connectivity index (χ2n) is 3.10. The van der Waals surface area contributed by atoms with E-state index in [9.17, 15) is 18.0 Å². The van der Waals surface area contributed by atoms with Gasteiger partial charge in [-0.2, -0.15) is 13.2 Å². The van der Waals surface area contributed by atoms with Crippen LogP contribution in [0.4, 0.5) is 13.2 Å². The summed E-state index contributed by atoms with van der Waals surface area (Å²) in [7, 11) is 0. The topological polar surface area (TPSA) is 26.3 Å². The Kier molecular flexibility index (Phi) is 4.94. The Morgan fingerprint density at radius 1 is 1.36 bits per heavy atom. The van der Waals surface area contributed by atoms with Crippen LogP contribution in [0.5, 0.6) is 0 Å². The largest absolute Gasteiger partial charge is 0.466 e. The lowest BCUT2D eigenvalue weighted by atomic mass is 9.91. The third-order valence-corrected chi connectivity index (χ3v) is 2.15. The van der Waals surface area contributed by atoms with Crippen molar-refractivity contribution in [3.05, 3.63) is 0 Å². The predicted octanol–water partition coefficient (Wildman–Crippen LogP) is 2.77. The predicted molar refractivity (Wildman–Crippen MR) is 45.6 cm³/mol. The molecule has 0 heterocycles. The molecule has 0 rings (SSSR count). The van der Waals surface area contributed by atoms with Crippen LogP contribution in [0.1, 0.15) is 27.2 Å². The maximum Gasteiger partial charge on any atom is 0.392 e. The molecule has 0 radical (unpaired) electrons. The molecule has 0 fully saturated rings. The highest BCUT2D eigenvalue weighted by molar-refractivity contribution is 5.72. The molecule has 2 unspecified atom stereocenters. The van der Waals surface area contributed by atoms with E-state index in [2.05, 4.69) is 4.74 Å². The Balaban J connectivity index is 4.48. The average molecular weight is 212 g/mol. The van der Waals surface area contributed by atoms with Crippen molar-refractivity contribution in [1.82, 2.24) is 0 Å². The lowest BCUT2D eigenvalue weighted by molar-refractivity contribution is -0.194. The van der Waals surface area contributed by atoms with Gasteiger partial charge in [-0.15, -0.1) is 0 Å². The van der Waals surface area contributed by atoms with Gasteiger partial charge in [-0.05, 0) is 13.3 Å². The second kappa shape index (κ2) is 5.22. The van der Waals surface area contributed by atoms with Crippen molar-refractivity contribution in [2.24, 2.45) is 11.8 Å². The molecule has 2 nitrogen and oxygen atoms in total. The van der Waals surface area contributed by atoms with Crippen molar-refractivity contribution in [2.45, 2.75) is 33.4 Å². The van der Waals surface area contributed by atoms with Gasteiger partial charge in [-0.25, -0.2) is 0 Å². The maximum absolute atomic E-state index is 12.3. The zero-order valence-electron chi connectivity index (χ0n) is 8.52. The quantitative estimate of drug-likeness (QED) is 0.670. The van der Waals surface area contributed by atoms with E-state index in [0.717, 1.165) is 6.92 Å². The van der Waals surface area contributed by atoms with E-state index in [1.54, 1.807) is 13.8 Å². The van der Waals surface area contributed by atoms with Gasteiger partial charge in [0.2, 0.25) is 0 Å². The minimum Gasteiger partial charge on any atom is -0.466 e. The summed E-state index contributed by atoms with van der Waals surface area (Å²) in [6.07, 6.45) is -4.20. The summed E-state index contributed by atoms with van der Waals surface area (Å²) >= 11 is 0. The van der Waals surface area contributed by atoms with Crippen molar-refractivity contribution in [1.29, 1.82) is 0 Å². The van der Waals surface area contributed by atoms with Crippen LogP contribution in [0.3, 0.4) is 0 Å². The van der Waals surface area contributed by atoms with Crippen molar-refractivity contribution < 1.29 is 22.7 Å². The highest BCUT2D eigenvalue weighted by atomic mass is 19.4. The van der Waals surface area contributed by atoms with Crippen molar-refractivity contribution in [3.63, 3.8) is 0 Å². The van der Waals surface area contributed by atoms with E-state index in [0.29, 0.717) is 0 Å². The van der Waals surface area contributed by atoms with Gasteiger partial charge in [-0.1, -0.05) is 13.8 Å². The summed E-state index contributed by atoms with van der Waals surface area (Å²) in [5, 5.41) is 0. The summed E-state index contributed by atoms with van der Waals surface area (Å²) in [6, 6.07) is 0. The van der Waals surface area contributed by atoms with Crippen LogP contribution in [-0.4, -0.2) is 18.8 Å². The Hall–Kier alpha value is -0.740. The van der Waals surface area contributed by atoms with Crippen molar-refractivity contribution in [3.8, 4) is 0 Å². The molecule has 0 N–H and O–H groups in total. The van der Waals surface area contributed by atoms with Crippen LogP contribution in [0, 0.1) is 11.8 Å². The number of ether oxygens (including phenoxy) is 1. The molecule has 0 saturated carbocycles. The molecule has 2 atom stereocenters. The van der Waals surface area contributed by atoms with Crippen LogP contribution < -0.4 is 0 Å². The van der Waals surface area contributed by atoms with Gasteiger partial charge < -0.3 is 4.74 Å². The van der Waals surface area contributed by atoms with Crippen LogP contribution in [0.25, 0.3) is 0 Å².